The third-order valence-electron chi connectivity index (χ3n) is 6.46. The van der Waals surface area contributed by atoms with Gasteiger partial charge in [0.1, 0.15) is 12.2 Å². The van der Waals surface area contributed by atoms with Gasteiger partial charge in [-0.05, 0) is 25.0 Å². The van der Waals surface area contributed by atoms with Crippen LogP contribution in [0.2, 0.25) is 0 Å². The molecule has 2 aliphatic rings. The van der Waals surface area contributed by atoms with Crippen LogP contribution in [0.25, 0.3) is 0 Å². The Kier molecular flexibility index (Phi) is 6.71. The van der Waals surface area contributed by atoms with E-state index in [-0.39, 0.29) is 13.2 Å². The summed E-state index contributed by atoms with van der Waals surface area (Å²) in [5.41, 5.74) is 1.49. The van der Waals surface area contributed by atoms with E-state index >= 15 is 0 Å². The van der Waals surface area contributed by atoms with Crippen molar-refractivity contribution in [3.05, 3.63) is 108 Å². The number of hydrogen-bond donors (Lipinski definition) is 0. The van der Waals surface area contributed by atoms with Crippen molar-refractivity contribution in [1.29, 1.82) is 0 Å². The fourth-order valence-electron chi connectivity index (χ4n) is 4.77. The molecule has 0 unspecified atom stereocenters. The van der Waals surface area contributed by atoms with Gasteiger partial charge in [-0.2, -0.15) is 0 Å². The van der Waals surface area contributed by atoms with Gasteiger partial charge in [-0.3, -0.25) is 0 Å². The van der Waals surface area contributed by atoms with E-state index < -0.39 is 35.7 Å². The van der Waals surface area contributed by atoms with Gasteiger partial charge < -0.3 is 23.7 Å². The van der Waals surface area contributed by atoms with Crippen molar-refractivity contribution in [3.8, 4) is 0 Å². The van der Waals surface area contributed by atoms with Crippen molar-refractivity contribution in [3.63, 3.8) is 0 Å². The second-order valence-corrected chi connectivity index (χ2v) is 9.33. The predicted octanol–water partition coefficient (Wildman–Crippen LogP) is 4.76. The van der Waals surface area contributed by atoms with E-state index in [0.717, 1.165) is 16.7 Å². The highest BCUT2D eigenvalue weighted by atomic mass is 16.8. The summed E-state index contributed by atoms with van der Waals surface area (Å²) in [5.74, 6) is -1.29. The van der Waals surface area contributed by atoms with Crippen molar-refractivity contribution < 1.29 is 28.5 Å². The van der Waals surface area contributed by atoms with E-state index in [1.165, 1.54) is 0 Å². The van der Waals surface area contributed by atoms with Gasteiger partial charge in [0, 0.05) is 5.56 Å². The Labute approximate surface area is 205 Å². The highest BCUT2D eigenvalue weighted by Gasteiger charge is 2.65. The van der Waals surface area contributed by atoms with Gasteiger partial charge in [-0.25, -0.2) is 4.79 Å². The van der Waals surface area contributed by atoms with Crippen molar-refractivity contribution in [2.45, 2.75) is 56.8 Å². The van der Waals surface area contributed by atoms with E-state index in [2.05, 4.69) is 0 Å². The molecule has 0 amide bonds. The molecule has 3 aromatic carbocycles. The van der Waals surface area contributed by atoms with Gasteiger partial charge in [-0.1, -0.05) is 91.0 Å². The normalized spacial score (nSPS) is 27.6. The topological polar surface area (TPSA) is 63.2 Å². The Hall–Kier alpha value is -3.03. The Bertz CT molecular complexity index is 1120. The number of rotatable bonds is 8. The Balaban J connectivity index is 1.52. The molecule has 0 spiro atoms. The molecule has 0 radical (unpaired) electrons. The number of benzene rings is 3. The lowest BCUT2D eigenvalue weighted by molar-refractivity contribution is -0.205. The summed E-state index contributed by atoms with van der Waals surface area (Å²) >= 11 is 0. The van der Waals surface area contributed by atoms with Gasteiger partial charge in [0.2, 0.25) is 0 Å². The lowest BCUT2D eigenvalue weighted by Crippen LogP contribution is -2.52. The second kappa shape index (κ2) is 9.91. The van der Waals surface area contributed by atoms with E-state index in [9.17, 15) is 4.79 Å². The zero-order valence-corrected chi connectivity index (χ0v) is 20.0. The monoisotopic (exact) mass is 474 g/mol. The molecule has 0 bridgehead atoms. The van der Waals surface area contributed by atoms with Crippen LogP contribution in [0, 0.1) is 0 Å². The predicted molar refractivity (Wildman–Crippen MR) is 129 cm³/mol. The van der Waals surface area contributed by atoms with Crippen LogP contribution in [0.5, 0.6) is 0 Å². The first-order chi connectivity index (χ1) is 17.0. The lowest BCUT2D eigenvalue weighted by atomic mass is 9.82. The molecule has 2 aliphatic heterocycles. The molecule has 6 heteroatoms. The molecule has 5 rings (SSSR count). The minimum atomic E-state index is -1.23. The molecule has 0 aliphatic carbocycles. The maximum absolute atomic E-state index is 13.4. The summed E-state index contributed by atoms with van der Waals surface area (Å²) in [4.78, 5) is 13.4. The average Bonchev–Trinajstić information content (AvgIpc) is 3.39. The zero-order valence-electron chi connectivity index (χ0n) is 20.0. The molecule has 35 heavy (non-hydrogen) atoms. The molecular formula is C29H30O6. The molecule has 2 fully saturated rings. The number of carbonyl (C=O) groups excluding carboxylic acids is 1. The summed E-state index contributed by atoms with van der Waals surface area (Å²) in [6.45, 7) is 4.51. The highest BCUT2D eigenvalue weighted by molar-refractivity contribution is 5.79. The van der Waals surface area contributed by atoms with Crippen LogP contribution in [0.4, 0.5) is 0 Å². The molecule has 2 saturated heterocycles. The van der Waals surface area contributed by atoms with Crippen LogP contribution >= 0.6 is 0 Å². The Morgan fingerprint density at radius 3 is 1.89 bits per heavy atom. The number of carbonyl (C=O) groups is 1. The van der Waals surface area contributed by atoms with E-state index in [4.69, 9.17) is 23.7 Å². The number of ether oxygens (including phenoxy) is 5. The van der Waals surface area contributed by atoms with Crippen LogP contribution in [0.15, 0.2) is 91.0 Å². The van der Waals surface area contributed by atoms with Crippen LogP contribution in [-0.4, -0.2) is 36.7 Å². The second-order valence-electron chi connectivity index (χ2n) is 9.33. The van der Waals surface area contributed by atoms with Gasteiger partial charge in [0.15, 0.2) is 17.5 Å². The van der Waals surface area contributed by atoms with Gasteiger partial charge in [0.05, 0.1) is 19.8 Å². The summed E-state index contributed by atoms with van der Waals surface area (Å²) in [6, 6.07) is 29.2. The Morgan fingerprint density at radius 1 is 0.800 bits per heavy atom. The van der Waals surface area contributed by atoms with Crippen LogP contribution < -0.4 is 0 Å². The molecule has 0 saturated carbocycles. The number of cyclic esters (lactones) is 1. The minimum Gasteiger partial charge on any atom is -0.446 e. The molecular weight excluding hydrogens is 444 g/mol. The standard InChI is InChI=1S/C29H30O6/c1-28(2)33-20-24(34-28)29(23-16-10-5-11-17-23)26(32-19-22-14-8-4-9-15-22)25(27(30)35-29)31-18-21-12-6-3-7-13-21/h3-17,24-26H,18-20H2,1-2H3/t24-,25-,26-,29+/m1/s1. The van der Waals surface area contributed by atoms with Crippen molar-refractivity contribution >= 4 is 5.97 Å². The summed E-state index contributed by atoms with van der Waals surface area (Å²) in [6.07, 6.45) is -2.27. The van der Waals surface area contributed by atoms with E-state index in [1.807, 2.05) is 105 Å². The fraction of sp³-hybridized carbons (Fsp3) is 0.345. The van der Waals surface area contributed by atoms with Crippen LogP contribution in [-0.2, 0) is 47.3 Å². The number of esters is 1. The molecule has 0 N–H and O–H groups in total. The third kappa shape index (κ3) is 4.88. The third-order valence-corrected chi connectivity index (χ3v) is 6.46. The maximum Gasteiger partial charge on any atom is 0.339 e. The molecule has 6 nitrogen and oxygen atoms in total. The van der Waals surface area contributed by atoms with Gasteiger partial charge in [-0.15, -0.1) is 0 Å². The van der Waals surface area contributed by atoms with E-state index in [1.54, 1.807) is 0 Å². The molecule has 2 heterocycles. The van der Waals surface area contributed by atoms with Crippen LogP contribution in [0.1, 0.15) is 30.5 Å². The molecule has 182 valence electrons. The quantitative estimate of drug-likeness (QED) is 0.439. The van der Waals surface area contributed by atoms with Crippen LogP contribution in [0.3, 0.4) is 0 Å². The molecule has 0 aromatic heterocycles. The van der Waals surface area contributed by atoms with Crippen molar-refractivity contribution in [1.82, 2.24) is 0 Å². The largest absolute Gasteiger partial charge is 0.446 e. The van der Waals surface area contributed by atoms with Gasteiger partial charge >= 0.3 is 5.97 Å². The fourth-order valence-corrected chi connectivity index (χ4v) is 4.77. The van der Waals surface area contributed by atoms with Crippen molar-refractivity contribution in [2.24, 2.45) is 0 Å². The first-order valence-corrected chi connectivity index (χ1v) is 11.9. The smallest absolute Gasteiger partial charge is 0.339 e. The summed E-state index contributed by atoms with van der Waals surface area (Å²) in [5, 5.41) is 0. The first kappa shape index (κ1) is 23.7. The molecule has 3 aromatic rings. The first-order valence-electron chi connectivity index (χ1n) is 11.9. The zero-order chi connectivity index (χ0) is 24.3. The summed E-state index contributed by atoms with van der Waals surface area (Å²) < 4.78 is 31.1. The van der Waals surface area contributed by atoms with Crippen molar-refractivity contribution in [2.75, 3.05) is 6.61 Å². The average molecular weight is 475 g/mol. The lowest BCUT2D eigenvalue weighted by Gasteiger charge is -2.38. The molecule has 4 atom stereocenters. The Morgan fingerprint density at radius 2 is 1.34 bits per heavy atom. The summed E-state index contributed by atoms with van der Waals surface area (Å²) in [7, 11) is 0. The highest BCUT2D eigenvalue weighted by Crippen LogP contribution is 2.47. The van der Waals surface area contributed by atoms with E-state index in [0.29, 0.717) is 6.61 Å². The SMILES string of the molecule is CC1(C)OC[C@H]([C@]2(c3ccccc3)OC(=O)[C@H](OCc3ccccc3)[C@H]2OCc2ccccc2)O1. The van der Waals surface area contributed by atoms with Gasteiger partial charge in [0.25, 0.3) is 0 Å². The maximum atomic E-state index is 13.4. The minimum absolute atomic E-state index is 0.254. The number of hydrogen-bond acceptors (Lipinski definition) is 6.